The highest BCUT2D eigenvalue weighted by Crippen LogP contribution is 2.43. The Balaban J connectivity index is 1.85. The van der Waals surface area contributed by atoms with Gasteiger partial charge in [0.05, 0.1) is 11.1 Å². The summed E-state index contributed by atoms with van der Waals surface area (Å²) in [7, 11) is 0. The quantitative estimate of drug-likeness (QED) is 0.874. The lowest BCUT2D eigenvalue weighted by Gasteiger charge is -2.45. The molecule has 1 aromatic heterocycles. The highest BCUT2D eigenvalue weighted by Gasteiger charge is 2.45. The van der Waals surface area contributed by atoms with E-state index in [-0.39, 0.29) is 5.54 Å². The van der Waals surface area contributed by atoms with E-state index in [1.54, 1.807) is 12.1 Å². The lowest BCUT2D eigenvalue weighted by atomic mass is 9.72. The zero-order chi connectivity index (χ0) is 13.7. The van der Waals surface area contributed by atoms with Gasteiger partial charge in [-0.05, 0) is 50.3 Å². The molecule has 1 aliphatic carbocycles. The number of primary amides is 1. The first-order chi connectivity index (χ1) is 9.68. The van der Waals surface area contributed by atoms with E-state index in [1.807, 2.05) is 6.07 Å². The van der Waals surface area contributed by atoms with Gasteiger partial charge in [0.2, 0.25) is 5.89 Å². The van der Waals surface area contributed by atoms with Gasteiger partial charge >= 0.3 is 0 Å². The molecular weight excluding hydrogens is 254 g/mol. The van der Waals surface area contributed by atoms with Crippen LogP contribution >= 0.6 is 0 Å². The van der Waals surface area contributed by atoms with Gasteiger partial charge in [0, 0.05) is 0 Å². The van der Waals surface area contributed by atoms with Gasteiger partial charge in [0.25, 0.3) is 5.91 Å². The number of fused-ring (bicyclic) bond motifs is 4. The van der Waals surface area contributed by atoms with Crippen LogP contribution in [0.25, 0.3) is 11.1 Å². The molecule has 5 rings (SSSR count). The molecular formula is C15H17N3O2. The molecule has 2 aromatic rings. The number of nitrogens with one attached hydrogen (secondary N) is 1. The topological polar surface area (TPSA) is 81.2 Å². The molecule has 3 N–H and O–H groups in total. The lowest BCUT2D eigenvalue weighted by molar-refractivity contribution is 0.0931. The van der Waals surface area contributed by atoms with Gasteiger partial charge < -0.3 is 15.5 Å². The Morgan fingerprint density at radius 3 is 2.85 bits per heavy atom. The summed E-state index contributed by atoms with van der Waals surface area (Å²) < 4.78 is 5.94. The molecule has 0 atom stereocenters. The standard InChI is InChI=1S/C15H17N3O2/c16-13(19)10-2-1-3-11-12(10)18-14(20-11)15-6-4-9(5-7-15)8-17-15/h1-3,9,17H,4-8H2,(H2,16,19). The molecule has 3 aliphatic rings. The molecule has 2 bridgehead atoms. The largest absolute Gasteiger partial charge is 0.439 e. The Morgan fingerprint density at radius 1 is 1.40 bits per heavy atom. The molecule has 1 aromatic carbocycles. The molecule has 5 heteroatoms. The van der Waals surface area contributed by atoms with E-state index in [1.165, 1.54) is 12.8 Å². The van der Waals surface area contributed by atoms with E-state index in [0.29, 0.717) is 22.6 Å². The minimum atomic E-state index is -0.465. The summed E-state index contributed by atoms with van der Waals surface area (Å²) in [6.45, 7) is 1.03. The number of rotatable bonds is 2. The summed E-state index contributed by atoms with van der Waals surface area (Å²) in [4.78, 5) is 16.1. The van der Waals surface area contributed by atoms with Crippen molar-refractivity contribution >= 4 is 17.0 Å². The second-order valence-electron chi connectivity index (χ2n) is 5.94. The van der Waals surface area contributed by atoms with Crippen molar-refractivity contribution in [2.24, 2.45) is 11.7 Å². The number of aromatic nitrogens is 1. The number of hydrogen-bond acceptors (Lipinski definition) is 4. The highest BCUT2D eigenvalue weighted by molar-refractivity contribution is 6.03. The molecule has 104 valence electrons. The molecule has 1 amide bonds. The van der Waals surface area contributed by atoms with Crippen molar-refractivity contribution in [1.82, 2.24) is 10.3 Å². The van der Waals surface area contributed by atoms with Crippen LogP contribution in [0.15, 0.2) is 22.6 Å². The molecule has 3 heterocycles. The number of para-hydroxylation sites is 1. The van der Waals surface area contributed by atoms with Gasteiger partial charge in [-0.15, -0.1) is 0 Å². The first-order valence-corrected chi connectivity index (χ1v) is 7.13. The number of carbonyl (C=O) groups excluding carboxylic acids is 1. The van der Waals surface area contributed by atoms with Crippen molar-refractivity contribution in [3.05, 3.63) is 29.7 Å². The third-order valence-electron chi connectivity index (χ3n) is 4.78. The lowest BCUT2D eigenvalue weighted by Crippen LogP contribution is -2.53. The normalized spacial score (nSPS) is 28.9. The zero-order valence-electron chi connectivity index (χ0n) is 11.2. The van der Waals surface area contributed by atoms with Crippen molar-refractivity contribution in [1.29, 1.82) is 0 Å². The average Bonchev–Trinajstić information content (AvgIpc) is 2.93. The second-order valence-corrected chi connectivity index (χ2v) is 5.94. The number of nitrogens with two attached hydrogens (primary N) is 1. The van der Waals surface area contributed by atoms with Crippen LogP contribution in [-0.2, 0) is 5.54 Å². The molecule has 2 saturated heterocycles. The molecule has 20 heavy (non-hydrogen) atoms. The maximum atomic E-state index is 11.5. The fourth-order valence-electron chi connectivity index (χ4n) is 3.53. The summed E-state index contributed by atoms with van der Waals surface area (Å²) in [5.74, 6) is 1.04. The van der Waals surface area contributed by atoms with Crippen LogP contribution < -0.4 is 11.1 Å². The van der Waals surface area contributed by atoms with Crippen LogP contribution in [0.3, 0.4) is 0 Å². The minimum Gasteiger partial charge on any atom is -0.439 e. The number of oxazole rings is 1. The summed E-state index contributed by atoms with van der Waals surface area (Å²) in [5.41, 5.74) is 6.90. The molecule has 0 spiro atoms. The monoisotopic (exact) mass is 271 g/mol. The Kier molecular flexibility index (Phi) is 2.41. The van der Waals surface area contributed by atoms with Crippen LogP contribution in [0, 0.1) is 5.92 Å². The third kappa shape index (κ3) is 1.59. The molecule has 5 nitrogen and oxygen atoms in total. The Bertz CT molecular complexity index is 670. The van der Waals surface area contributed by atoms with E-state index in [4.69, 9.17) is 10.2 Å². The average molecular weight is 271 g/mol. The van der Waals surface area contributed by atoms with Crippen molar-refractivity contribution < 1.29 is 9.21 Å². The Labute approximate surface area is 116 Å². The summed E-state index contributed by atoms with van der Waals surface area (Å²) in [5, 5.41) is 3.59. The number of benzene rings is 1. The van der Waals surface area contributed by atoms with E-state index in [0.717, 1.165) is 25.3 Å². The van der Waals surface area contributed by atoms with Crippen molar-refractivity contribution in [2.45, 2.75) is 31.2 Å². The Morgan fingerprint density at radius 2 is 2.20 bits per heavy atom. The first kappa shape index (κ1) is 11.9. The second kappa shape index (κ2) is 4.06. The van der Waals surface area contributed by atoms with Gasteiger partial charge in [-0.25, -0.2) is 4.98 Å². The van der Waals surface area contributed by atoms with Crippen LogP contribution in [0.1, 0.15) is 41.9 Å². The highest BCUT2D eigenvalue weighted by atomic mass is 16.4. The molecule has 0 unspecified atom stereocenters. The minimum absolute atomic E-state index is 0.150. The van der Waals surface area contributed by atoms with Gasteiger partial charge in [-0.2, -0.15) is 0 Å². The van der Waals surface area contributed by atoms with Crippen LogP contribution in [0.5, 0.6) is 0 Å². The zero-order valence-corrected chi connectivity index (χ0v) is 11.2. The fraction of sp³-hybridized carbons (Fsp3) is 0.467. The maximum absolute atomic E-state index is 11.5. The summed E-state index contributed by atoms with van der Waals surface area (Å²) in [6.07, 6.45) is 4.54. The van der Waals surface area contributed by atoms with Crippen molar-refractivity contribution in [3.8, 4) is 0 Å². The Hall–Kier alpha value is -1.88. The van der Waals surface area contributed by atoms with Crippen LogP contribution in [-0.4, -0.2) is 17.4 Å². The van der Waals surface area contributed by atoms with E-state index in [9.17, 15) is 4.79 Å². The smallest absolute Gasteiger partial charge is 0.251 e. The van der Waals surface area contributed by atoms with Crippen LogP contribution in [0.2, 0.25) is 0 Å². The number of hydrogen-bond donors (Lipinski definition) is 2. The van der Waals surface area contributed by atoms with E-state index in [2.05, 4.69) is 10.3 Å². The van der Waals surface area contributed by atoms with Gasteiger partial charge in [-0.1, -0.05) is 6.07 Å². The van der Waals surface area contributed by atoms with Gasteiger partial charge in [-0.3, -0.25) is 4.79 Å². The fourth-order valence-corrected chi connectivity index (χ4v) is 3.53. The molecule has 1 saturated carbocycles. The van der Waals surface area contributed by atoms with Gasteiger partial charge in [0.15, 0.2) is 5.58 Å². The predicted molar refractivity (Wildman–Crippen MR) is 74.2 cm³/mol. The number of carbonyl (C=O) groups is 1. The SMILES string of the molecule is NC(=O)c1cccc2oc(C34CCC(CC3)CN4)nc12. The van der Waals surface area contributed by atoms with Gasteiger partial charge in [0.1, 0.15) is 5.52 Å². The van der Waals surface area contributed by atoms with Crippen LogP contribution in [0.4, 0.5) is 0 Å². The predicted octanol–water partition coefficient (Wildman–Crippen LogP) is 1.92. The number of amides is 1. The maximum Gasteiger partial charge on any atom is 0.251 e. The van der Waals surface area contributed by atoms with E-state index >= 15 is 0 Å². The number of piperidine rings is 2. The van der Waals surface area contributed by atoms with Crippen molar-refractivity contribution in [2.75, 3.05) is 6.54 Å². The summed E-state index contributed by atoms with van der Waals surface area (Å²) in [6, 6.07) is 5.31. The molecule has 0 radical (unpaired) electrons. The first-order valence-electron chi connectivity index (χ1n) is 7.13. The number of nitrogens with zero attached hydrogens (tertiary/aromatic N) is 1. The summed E-state index contributed by atoms with van der Waals surface area (Å²) >= 11 is 0. The molecule has 3 fully saturated rings. The van der Waals surface area contributed by atoms with Crippen molar-refractivity contribution in [3.63, 3.8) is 0 Å². The van der Waals surface area contributed by atoms with E-state index < -0.39 is 5.91 Å². The molecule has 2 aliphatic heterocycles. The third-order valence-corrected chi connectivity index (χ3v) is 4.78.